The first-order valence-corrected chi connectivity index (χ1v) is 8.83. The van der Waals surface area contributed by atoms with E-state index in [-0.39, 0.29) is 0 Å². The molecule has 0 saturated heterocycles. The first kappa shape index (κ1) is 10.8. The van der Waals surface area contributed by atoms with E-state index in [4.69, 9.17) is 4.43 Å². The number of hydrogen-bond acceptors (Lipinski definition) is 1. The third-order valence-corrected chi connectivity index (χ3v) is 3.27. The zero-order valence-electron chi connectivity index (χ0n) is 9.18. The summed E-state index contributed by atoms with van der Waals surface area (Å²) in [6.07, 6.45) is 11.2. The number of hydrogen-bond donors (Lipinski definition) is 0. The minimum Gasteiger partial charge on any atom is -0.550 e. The smallest absolute Gasteiger partial charge is 0.241 e. The highest BCUT2D eigenvalue weighted by Crippen LogP contribution is 2.24. The van der Waals surface area contributed by atoms with Crippen LogP contribution in [0.2, 0.25) is 19.6 Å². The molecular formula is C11H22OSi. The van der Waals surface area contributed by atoms with Gasteiger partial charge in [-0.15, -0.1) is 0 Å². The van der Waals surface area contributed by atoms with Crippen LogP contribution in [0.5, 0.6) is 0 Å². The zero-order valence-corrected chi connectivity index (χ0v) is 10.2. The average molecular weight is 198 g/mol. The summed E-state index contributed by atoms with van der Waals surface area (Å²) in [6, 6.07) is 0. The molecule has 2 heteroatoms. The summed E-state index contributed by atoms with van der Waals surface area (Å²) < 4.78 is 5.69. The molecule has 0 amide bonds. The molecule has 0 aromatic carbocycles. The summed E-state index contributed by atoms with van der Waals surface area (Å²) in [5.41, 5.74) is 0. The lowest BCUT2D eigenvalue weighted by Crippen LogP contribution is -2.22. The minimum atomic E-state index is -1.33. The van der Waals surface area contributed by atoms with Crippen molar-refractivity contribution in [3.63, 3.8) is 0 Å². The Balaban J connectivity index is 2.22. The first-order valence-electron chi connectivity index (χ1n) is 5.42. The Morgan fingerprint density at radius 3 is 2.23 bits per heavy atom. The summed E-state index contributed by atoms with van der Waals surface area (Å²) in [6.45, 7) is 6.66. The molecule has 0 spiro atoms. The van der Waals surface area contributed by atoms with Gasteiger partial charge >= 0.3 is 0 Å². The largest absolute Gasteiger partial charge is 0.550 e. The minimum absolute atomic E-state index is 0.796. The van der Waals surface area contributed by atoms with Gasteiger partial charge in [0, 0.05) is 0 Å². The predicted molar refractivity (Wildman–Crippen MR) is 60.1 cm³/mol. The van der Waals surface area contributed by atoms with Crippen molar-refractivity contribution in [1.82, 2.24) is 0 Å². The molecule has 0 heterocycles. The SMILES string of the molecule is C[Si](C)(C)O/C=C\C1CCCCC1. The van der Waals surface area contributed by atoms with E-state index in [1.54, 1.807) is 0 Å². The van der Waals surface area contributed by atoms with Crippen LogP contribution >= 0.6 is 0 Å². The molecule has 0 atom stereocenters. The van der Waals surface area contributed by atoms with Gasteiger partial charge in [0.1, 0.15) is 0 Å². The van der Waals surface area contributed by atoms with Crippen LogP contribution in [0.3, 0.4) is 0 Å². The normalized spacial score (nSPS) is 20.8. The Labute approximate surface area is 83.3 Å². The third kappa shape index (κ3) is 5.14. The van der Waals surface area contributed by atoms with Crippen LogP contribution in [0.4, 0.5) is 0 Å². The van der Waals surface area contributed by atoms with Gasteiger partial charge in [0.2, 0.25) is 8.32 Å². The van der Waals surface area contributed by atoms with Crippen molar-refractivity contribution in [2.45, 2.75) is 51.7 Å². The summed E-state index contributed by atoms with van der Waals surface area (Å²) in [4.78, 5) is 0. The zero-order chi connectivity index (χ0) is 9.73. The predicted octanol–water partition coefficient (Wildman–Crippen LogP) is 3.93. The van der Waals surface area contributed by atoms with Gasteiger partial charge < -0.3 is 4.43 Å². The molecule has 76 valence electrons. The van der Waals surface area contributed by atoms with Gasteiger partial charge in [-0.05, 0) is 44.5 Å². The molecule has 0 aromatic rings. The highest BCUT2D eigenvalue weighted by Gasteiger charge is 2.14. The van der Waals surface area contributed by atoms with Crippen molar-refractivity contribution in [3.05, 3.63) is 12.3 Å². The number of allylic oxidation sites excluding steroid dienone is 1. The topological polar surface area (TPSA) is 9.23 Å². The van der Waals surface area contributed by atoms with E-state index in [0.717, 1.165) is 5.92 Å². The first-order chi connectivity index (χ1) is 6.08. The molecule has 1 aliphatic carbocycles. The second kappa shape index (κ2) is 4.84. The Morgan fingerprint density at radius 2 is 1.69 bits per heavy atom. The Bertz CT molecular complexity index is 163. The van der Waals surface area contributed by atoms with Crippen LogP contribution < -0.4 is 0 Å². The summed E-state index contributed by atoms with van der Waals surface area (Å²) >= 11 is 0. The van der Waals surface area contributed by atoms with Crippen LogP contribution in [0, 0.1) is 5.92 Å². The molecule has 0 bridgehead atoms. The fourth-order valence-corrected chi connectivity index (χ4v) is 2.17. The highest BCUT2D eigenvalue weighted by molar-refractivity contribution is 6.69. The maximum Gasteiger partial charge on any atom is 0.241 e. The van der Waals surface area contributed by atoms with Crippen molar-refractivity contribution >= 4 is 8.32 Å². The molecule has 1 rings (SSSR count). The summed E-state index contributed by atoms with van der Waals surface area (Å²) in [5.74, 6) is 0.796. The van der Waals surface area contributed by atoms with Crippen LogP contribution in [-0.2, 0) is 4.43 Å². The van der Waals surface area contributed by atoms with Crippen molar-refractivity contribution < 1.29 is 4.43 Å². The Morgan fingerprint density at radius 1 is 1.08 bits per heavy atom. The van der Waals surface area contributed by atoms with Crippen LogP contribution in [0.15, 0.2) is 12.3 Å². The lowest BCUT2D eigenvalue weighted by molar-refractivity contribution is 0.404. The van der Waals surface area contributed by atoms with Crippen molar-refractivity contribution in [1.29, 1.82) is 0 Å². The van der Waals surface area contributed by atoms with Crippen molar-refractivity contribution in [2.75, 3.05) is 0 Å². The monoisotopic (exact) mass is 198 g/mol. The molecular weight excluding hydrogens is 176 g/mol. The molecule has 13 heavy (non-hydrogen) atoms. The molecule has 1 saturated carbocycles. The molecule has 0 aliphatic heterocycles. The fourth-order valence-electron chi connectivity index (χ4n) is 1.68. The molecule has 0 radical (unpaired) electrons. The maximum absolute atomic E-state index is 5.69. The van der Waals surface area contributed by atoms with Gasteiger partial charge in [-0.1, -0.05) is 19.3 Å². The van der Waals surface area contributed by atoms with Gasteiger partial charge in [-0.2, -0.15) is 0 Å². The summed E-state index contributed by atoms with van der Waals surface area (Å²) in [7, 11) is -1.33. The lowest BCUT2D eigenvalue weighted by atomic mass is 9.89. The van der Waals surface area contributed by atoms with Gasteiger partial charge in [0.25, 0.3) is 0 Å². The highest BCUT2D eigenvalue weighted by atomic mass is 28.4. The average Bonchev–Trinajstić information content (AvgIpc) is 2.04. The Hall–Kier alpha value is -0.243. The van der Waals surface area contributed by atoms with Gasteiger partial charge in [0.15, 0.2) is 0 Å². The van der Waals surface area contributed by atoms with Crippen LogP contribution in [-0.4, -0.2) is 8.32 Å². The van der Waals surface area contributed by atoms with Gasteiger partial charge in [-0.3, -0.25) is 0 Å². The van der Waals surface area contributed by atoms with E-state index >= 15 is 0 Å². The molecule has 0 aromatic heterocycles. The number of rotatable bonds is 3. The second-order valence-corrected chi connectivity index (χ2v) is 9.42. The third-order valence-electron chi connectivity index (χ3n) is 2.42. The molecule has 0 N–H and O–H groups in total. The fraction of sp³-hybridized carbons (Fsp3) is 0.818. The van der Waals surface area contributed by atoms with Gasteiger partial charge in [0.05, 0.1) is 6.26 Å². The molecule has 1 fully saturated rings. The van der Waals surface area contributed by atoms with Gasteiger partial charge in [-0.25, -0.2) is 0 Å². The van der Waals surface area contributed by atoms with E-state index < -0.39 is 8.32 Å². The molecule has 0 unspecified atom stereocenters. The van der Waals surface area contributed by atoms with E-state index in [1.165, 1.54) is 32.1 Å². The van der Waals surface area contributed by atoms with Crippen LogP contribution in [0.25, 0.3) is 0 Å². The maximum atomic E-state index is 5.69. The standard InChI is InChI=1S/C11H22OSi/c1-13(2,3)12-10-9-11-7-5-4-6-8-11/h9-11H,4-8H2,1-3H3/b10-9-. The quantitative estimate of drug-likeness (QED) is 0.493. The summed E-state index contributed by atoms with van der Waals surface area (Å²) in [5, 5.41) is 0. The van der Waals surface area contributed by atoms with E-state index in [0.29, 0.717) is 0 Å². The molecule has 1 aliphatic rings. The van der Waals surface area contributed by atoms with Crippen molar-refractivity contribution in [3.8, 4) is 0 Å². The molecule has 1 nitrogen and oxygen atoms in total. The van der Waals surface area contributed by atoms with Crippen LogP contribution in [0.1, 0.15) is 32.1 Å². The second-order valence-electron chi connectivity index (χ2n) is 4.96. The van der Waals surface area contributed by atoms with Crippen molar-refractivity contribution in [2.24, 2.45) is 5.92 Å². The van der Waals surface area contributed by atoms with E-state index in [1.807, 2.05) is 6.26 Å². The van der Waals surface area contributed by atoms with E-state index in [9.17, 15) is 0 Å². The van der Waals surface area contributed by atoms with E-state index in [2.05, 4.69) is 25.7 Å². The lowest BCUT2D eigenvalue weighted by Gasteiger charge is -2.19. The Kier molecular flexibility index (Phi) is 4.04.